The molecule has 0 atom stereocenters. The Morgan fingerprint density at radius 2 is 1.64 bits per heavy atom. The minimum Gasteiger partial charge on any atom is -0.384 e. The number of nitrogens with two attached hydrogens (primary N) is 1. The van der Waals surface area contributed by atoms with E-state index in [-0.39, 0.29) is 5.56 Å². The molecule has 2 heterocycles. The van der Waals surface area contributed by atoms with Gasteiger partial charge < -0.3 is 10.3 Å². The van der Waals surface area contributed by atoms with Gasteiger partial charge >= 0.3 is 0 Å². The zero-order valence-electron chi connectivity index (χ0n) is 14.9. The minimum atomic E-state index is -0.235. The van der Waals surface area contributed by atoms with Gasteiger partial charge in [-0.1, -0.05) is 17.7 Å². The summed E-state index contributed by atoms with van der Waals surface area (Å²) in [5.74, 6) is 0.327. The van der Waals surface area contributed by atoms with Gasteiger partial charge in [0, 0.05) is 28.7 Å². The van der Waals surface area contributed by atoms with E-state index in [9.17, 15) is 4.79 Å². The normalized spacial score (nSPS) is 11.4. The van der Waals surface area contributed by atoms with Crippen molar-refractivity contribution in [3.8, 4) is 5.69 Å². The van der Waals surface area contributed by atoms with E-state index in [1.807, 2.05) is 19.9 Å². The topological polar surface area (TPSA) is 65.3 Å². The highest BCUT2D eigenvalue weighted by Gasteiger charge is 2.09. The molecule has 0 aliphatic carbocycles. The smallest absolute Gasteiger partial charge is 0.273 e. The van der Waals surface area contributed by atoms with Crippen LogP contribution in [0.4, 0.5) is 5.82 Å². The SMILES string of the molecule is Cc1ccc(-n2c(C)cc(/C=N\n3c(N)cc(C)cc3=O)c2C)cc1. The molecule has 2 aromatic heterocycles. The van der Waals surface area contributed by atoms with Crippen molar-refractivity contribution in [1.29, 1.82) is 0 Å². The zero-order chi connectivity index (χ0) is 18.1. The van der Waals surface area contributed by atoms with Crippen LogP contribution in [0.25, 0.3) is 5.69 Å². The van der Waals surface area contributed by atoms with Crippen molar-refractivity contribution >= 4 is 12.0 Å². The predicted octanol–water partition coefficient (Wildman–Crippen LogP) is 3.34. The van der Waals surface area contributed by atoms with Crippen molar-refractivity contribution in [1.82, 2.24) is 9.24 Å². The fourth-order valence-corrected chi connectivity index (χ4v) is 2.97. The number of anilines is 1. The number of rotatable bonds is 3. The van der Waals surface area contributed by atoms with E-state index in [4.69, 9.17) is 5.73 Å². The second kappa shape index (κ2) is 6.43. The van der Waals surface area contributed by atoms with Gasteiger partial charge in [0.2, 0.25) is 0 Å². The lowest BCUT2D eigenvalue weighted by atomic mass is 10.2. The first-order valence-electron chi connectivity index (χ1n) is 8.16. The van der Waals surface area contributed by atoms with Crippen LogP contribution in [-0.4, -0.2) is 15.5 Å². The van der Waals surface area contributed by atoms with Gasteiger partial charge in [-0.05, 0) is 57.5 Å². The number of hydrogen-bond acceptors (Lipinski definition) is 3. The molecule has 3 rings (SSSR count). The van der Waals surface area contributed by atoms with Crippen molar-refractivity contribution in [2.75, 3.05) is 5.73 Å². The maximum atomic E-state index is 12.1. The van der Waals surface area contributed by atoms with Crippen LogP contribution < -0.4 is 11.3 Å². The first-order valence-corrected chi connectivity index (χ1v) is 8.16. The van der Waals surface area contributed by atoms with E-state index in [2.05, 4.69) is 47.8 Å². The molecule has 128 valence electrons. The van der Waals surface area contributed by atoms with Gasteiger partial charge in [0.1, 0.15) is 5.82 Å². The summed E-state index contributed by atoms with van der Waals surface area (Å²) in [5.41, 5.74) is 11.9. The van der Waals surface area contributed by atoms with Crippen LogP contribution >= 0.6 is 0 Å². The maximum Gasteiger partial charge on any atom is 0.273 e. The molecule has 0 saturated carbocycles. The Labute approximate surface area is 147 Å². The summed E-state index contributed by atoms with van der Waals surface area (Å²) in [6.45, 7) is 7.99. The van der Waals surface area contributed by atoms with Crippen LogP contribution in [0.5, 0.6) is 0 Å². The minimum absolute atomic E-state index is 0.235. The summed E-state index contributed by atoms with van der Waals surface area (Å²) in [6, 6.07) is 13.7. The van der Waals surface area contributed by atoms with E-state index >= 15 is 0 Å². The lowest BCUT2D eigenvalue weighted by molar-refractivity contribution is 0.843. The molecular formula is C20H22N4O. The average molecular weight is 334 g/mol. The molecular weight excluding hydrogens is 312 g/mol. The molecule has 0 aliphatic heterocycles. The van der Waals surface area contributed by atoms with Gasteiger partial charge in [-0.2, -0.15) is 9.78 Å². The van der Waals surface area contributed by atoms with E-state index < -0.39 is 0 Å². The Hall–Kier alpha value is -3.08. The second-order valence-corrected chi connectivity index (χ2v) is 6.35. The highest BCUT2D eigenvalue weighted by atomic mass is 16.1. The van der Waals surface area contributed by atoms with Crippen molar-refractivity contribution in [3.05, 3.63) is 80.9 Å². The Kier molecular flexibility index (Phi) is 4.31. The van der Waals surface area contributed by atoms with Crippen LogP contribution in [0.15, 0.2) is 52.4 Å². The first-order chi connectivity index (χ1) is 11.9. The standard InChI is InChI=1S/C20H22N4O/c1-13-5-7-18(8-6-13)23-15(3)11-17(16(23)4)12-22-24-19(21)9-14(2)10-20(24)25/h5-12H,21H2,1-4H3/b22-12-. The Morgan fingerprint density at radius 1 is 0.960 bits per heavy atom. The third kappa shape index (κ3) is 3.26. The zero-order valence-corrected chi connectivity index (χ0v) is 14.9. The summed E-state index contributed by atoms with van der Waals surface area (Å²) in [4.78, 5) is 12.1. The summed E-state index contributed by atoms with van der Waals surface area (Å²) in [7, 11) is 0. The van der Waals surface area contributed by atoms with Gasteiger partial charge in [0.15, 0.2) is 0 Å². The van der Waals surface area contributed by atoms with Crippen LogP contribution in [-0.2, 0) is 0 Å². The second-order valence-electron chi connectivity index (χ2n) is 6.35. The molecule has 2 N–H and O–H groups in total. The molecule has 0 spiro atoms. The molecule has 0 bridgehead atoms. The van der Waals surface area contributed by atoms with Crippen LogP contribution in [0.2, 0.25) is 0 Å². The largest absolute Gasteiger partial charge is 0.384 e. The molecule has 5 heteroatoms. The van der Waals surface area contributed by atoms with Crippen LogP contribution in [0, 0.1) is 27.7 Å². The molecule has 0 fully saturated rings. The summed E-state index contributed by atoms with van der Waals surface area (Å²) < 4.78 is 3.38. The number of aryl methyl sites for hydroxylation is 3. The number of benzene rings is 1. The average Bonchev–Trinajstić information content (AvgIpc) is 2.82. The van der Waals surface area contributed by atoms with Crippen molar-refractivity contribution < 1.29 is 0 Å². The van der Waals surface area contributed by atoms with Crippen molar-refractivity contribution in [3.63, 3.8) is 0 Å². The lowest BCUT2D eigenvalue weighted by Crippen LogP contribution is -2.19. The molecule has 25 heavy (non-hydrogen) atoms. The van der Waals surface area contributed by atoms with Gasteiger partial charge in [-0.15, -0.1) is 0 Å². The molecule has 3 aromatic rings. The third-order valence-electron chi connectivity index (χ3n) is 4.25. The Morgan fingerprint density at radius 3 is 2.28 bits per heavy atom. The maximum absolute atomic E-state index is 12.1. The van der Waals surface area contributed by atoms with E-state index in [0.29, 0.717) is 5.82 Å². The number of hydrogen-bond donors (Lipinski definition) is 1. The van der Waals surface area contributed by atoms with Gasteiger partial charge in [-0.25, -0.2) is 0 Å². The first kappa shape index (κ1) is 16.8. The molecule has 0 radical (unpaired) electrons. The number of aromatic nitrogens is 2. The van der Waals surface area contributed by atoms with Crippen molar-refractivity contribution in [2.45, 2.75) is 27.7 Å². The quantitative estimate of drug-likeness (QED) is 0.747. The van der Waals surface area contributed by atoms with Crippen LogP contribution in [0.3, 0.4) is 0 Å². The number of nitrogen functional groups attached to an aromatic ring is 1. The van der Waals surface area contributed by atoms with E-state index in [0.717, 1.165) is 28.2 Å². The number of pyridine rings is 1. The molecule has 1 aromatic carbocycles. The Bertz CT molecular complexity index is 1010. The van der Waals surface area contributed by atoms with E-state index in [1.165, 1.54) is 16.3 Å². The molecule has 0 saturated heterocycles. The number of nitrogens with zero attached hydrogens (tertiary/aromatic N) is 3. The Balaban J connectivity index is 2.02. The van der Waals surface area contributed by atoms with E-state index in [1.54, 1.807) is 12.3 Å². The highest BCUT2D eigenvalue weighted by Crippen LogP contribution is 2.20. The van der Waals surface area contributed by atoms with Gasteiger partial charge in [0.25, 0.3) is 5.56 Å². The molecule has 0 aliphatic rings. The molecule has 5 nitrogen and oxygen atoms in total. The summed E-state index contributed by atoms with van der Waals surface area (Å²) >= 11 is 0. The predicted molar refractivity (Wildman–Crippen MR) is 103 cm³/mol. The summed E-state index contributed by atoms with van der Waals surface area (Å²) in [5, 5.41) is 4.28. The van der Waals surface area contributed by atoms with Crippen LogP contribution in [0.1, 0.15) is 28.1 Å². The van der Waals surface area contributed by atoms with Crippen molar-refractivity contribution in [2.24, 2.45) is 5.10 Å². The monoisotopic (exact) mass is 334 g/mol. The van der Waals surface area contributed by atoms with Gasteiger partial charge in [-0.3, -0.25) is 4.79 Å². The van der Waals surface area contributed by atoms with Gasteiger partial charge in [0.05, 0.1) is 6.21 Å². The molecule has 0 amide bonds. The highest BCUT2D eigenvalue weighted by molar-refractivity contribution is 5.82. The lowest BCUT2D eigenvalue weighted by Gasteiger charge is -2.10. The fraction of sp³-hybridized carbons (Fsp3) is 0.200. The third-order valence-corrected chi connectivity index (χ3v) is 4.25. The fourth-order valence-electron chi connectivity index (χ4n) is 2.97. The molecule has 0 unspecified atom stereocenters. The summed E-state index contributed by atoms with van der Waals surface area (Å²) in [6.07, 6.45) is 1.68.